The molecule has 6 heteroatoms. The molecule has 0 saturated carbocycles. The first-order valence-corrected chi connectivity index (χ1v) is 8.56. The van der Waals surface area contributed by atoms with E-state index in [-0.39, 0.29) is 23.9 Å². The Kier molecular flexibility index (Phi) is 5.35. The van der Waals surface area contributed by atoms with E-state index in [4.69, 9.17) is 15.2 Å². The number of amides is 1. The van der Waals surface area contributed by atoms with Gasteiger partial charge in [-0.25, -0.2) is 4.79 Å². The van der Waals surface area contributed by atoms with E-state index >= 15 is 0 Å². The van der Waals surface area contributed by atoms with E-state index in [1.165, 1.54) is 0 Å². The minimum atomic E-state index is -0.328. The number of benzene rings is 1. The van der Waals surface area contributed by atoms with Gasteiger partial charge in [-0.05, 0) is 49.9 Å². The smallest absolute Gasteiger partial charge is 0.338 e. The molecule has 2 heterocycles. The van der Waals surface area contributed by atoms with Crippen LogP contribution in [0, 0.1) is 5.92 Å². The van der Waals surface area contributed by atoms with Crippen LogP contribution in [0.15, 0.2) is 24.3 Å². The number of hydrogen-bond donors (Lipinski definition) is 1. The number of ether oxygens (including phenoxy) is 2. The number of esters is 1. The molecule has 1 amide bonds. The van der Waals surface area contributed by atoms with Gasteiger partial charge in [-0.15, -0.1) is 0 Å². The molecule has 130 valence electrons. The van der Waals surface area contributed by atoms with Crippen LogP contribution in [-0.2, 0) is 14.3 Å². The van der Waals surface area contributed by atoms with Gasteiger partial charge in [-0.2, -0.15) is 0 Å². The fraction of sp³-hybridized carbons (Fsp3) is 0.556. The number of piperidine rings is 1. The maximum absolute atomic E-state index is 12.1. The van der Waals surface area contributed by atoms with Gasteiger partial charge in [-0.1, -0.05) is 0 Å². The summed E-state index contributed by atoms with van der Waals surface area (Å²) in [5.74, 6) is -0.672. The number of carbonyl (C=O) groups excluding carboxylic acids is 2. The van der Waals surface area contributed by atoms with Gasteiger partial charge < -0.3 is 20.1 Å². The summed E-state index contributed by atoms with van der Waals surface area (Å²) in [4.78, 5) is 25.6. The summed E-state index contributed by atoms with van der Waals surface area (Å²) in [6.07, 6.45) is 3.80. The third kappa shape index (κ3) is 4.06. The second-order valence-corrected chi connectivity index (χ2v) is 6.47. The number of nitrogens with zero attached hydrogens (tertiary/aromatic N) is 1. The van der Waals surface area contributed by atoms with Gasteiger partial charge in [0, 0.05) is 25.4 Å². The van der Waals surface area contributed by atoms with E-state index in [1.54, 1.807) is 12.1 Å². The zero-order valence-corrected chi connectivity index (χ0v) is 13.8. The zero-order valence-electron chi connectivity index (χ0n) is 13.8. The van der Waals surface area contributed by atoms with Crippen LogP contribution in [0.1, 0.15) is 36.0 Å². The highest BCUT2D eigenvalue weighted by Gasteiger charge is 2.24. The molecule has 2 fully saturated rings. The van der Waals surface area contributed by atoms with Crippen LogP contribution in [0.25, 0.3) is 0 Å². The van der Waals surface area contributed by atoms with E-state index in [2.05, 4.69) is 4.90 Å². The maximum Gasteiger partial charge on any atom is 0.338 e. The largest absolute Gasteiger partial charge is 0.459 e. The summed E-state index contributed by atoms with van der Waals surface area (Å²) < 4.78 is 10.8. The highest BCUT2D eigenvalue weighted by molar-refractivity contribution is 5.89. The van der Waals surface area contributed by atoms with E-state index in [1.807, 2.05) is 12.1 Å². The molecule has 0 radical (unpaired) electrons. The Hall–Kier alpha value is -2.08. The number of rotatable bonds is 5. The Labute approximate surface area is 141 Å². The van der Waals surface area contributed by atoms with Crippen molar-refractivity contribution in [1.29, 1.82) is 0 Å². The van der Waals surface area contributed by atoms with Crippen molar-refractivity contribution < 1.29 is 19.1 Å². The van der Waals surface area contributed by atoms with Gasteiger partial charge in [-0.3, -0.25) is 4.79 Å². The molecule has 2 saturated heterocycles. The van der Waals surface area contributed by atoms with Gasteiger partial charge in [0.1, 0.15) is 6.61 Å². The minimum Gasteiger partial charge on any atom is -0.459 e. The van der Waals surface area contributed by atoms with Gasteiger partial charge in [0.15, 0.2) is 0 Å². The molecule has 2 N–H and O–H groups in total. The third-order valence-electron chi connectivity index (χ3n) is 4.72. The van der Waals surface area contributed by atoms with Crippen LogP contribution >= 0.6 is 0 Å². The lowest BCUT2D eigenvalue weighted by atomic mass is 9.97. The van der Waals surface area contributed by atoms with Crippen molar-refractivity contribution in [1.82, 2.24) is 0 Å². The Bertz CT molecular complexity index is 581. The molecular weight excluding hydrogens is 308 g/mol. The summed E-state index contributed by atoms with van der Waals surface area (Å²) in [5.41, 5.74) is 6.94. The SMILES string of the molecule is NC(=O)C1CCCN(c2ccc(C(=O)OCC3CCCO3)cc2)C1. The maximum atomic E-state index is 12.1. The topological polar surface area (TPSA) is 81.9 Å². The minimum absolute atomic E-state index is 0.0345. The van der Waals surface area contributed by atoms with Crippen molar-refractivity contribution in [3.05, 3.63) is 29.8 Å². The molecule has 2 atom stereocenters. The molecule has 3 rings (SSSR count). The molecule has 0 bridgehead atoms. The normalized spacial score (nSPS) is 23.9. The van der Waals surface area contributed by atoms with Crippen molar-refractivity contribution in [2.45, 2.75) is 31.8 Å². The van der Waals surface area contributed by atoms with Crippen molar-refractivity contribution >= 4 is 17.6 Å². The first-order chi connectivity index (χ1) is 11.6. The lowest BCUT2D eigenvalue weighted by Gasteiger charge is -2.33. The van der Waals surface area contributed by atoms with Gasteiger partial charge in [0.25, 0.3) is 0 Å². The summed E-state index contributed by atoms with van der Waals surface area (Å²) >= 11 is 0. The van der Waals surface area contributed by atoms with Gasteiger partial charge in [0.2, 0.25) is 5.91 Å². The quantitative estimate of drug-likeness (QED) is 0.830. The highest BCUT2D eigenvalue weighted by Crippen LogP contribution is 2.23. The third-order valence-corrected chi connectivity index (χ3v) is 4.72. The second-order valence-electron chi connectivity index (χ2n) is 6.47. The monoisotopic (exact) mass is 332 g/mol. The molecule has 2 aliphatic heterocycles. The molecule has 24 heavy (non-hydrogen) atoms. The lowest BCUT2D eigenvalue weighted by molar-refractivity contribution is -0.122. The molecule has 1 aromatic carbocycles. The number of carbonyl (C=O) groups is 2. The number of nitrogens with two attached hydrogens (primary N) is 1. The van der Waals surface area contributed by atoms with Crippen LogP contribution in [0.3, 0.4) is 0 Å². The van der Waals surface area contributed by atoms with Gasteiger partial charge in [0.05, 0.1) is 17.6 Å². The fourth-order valence-corrected chi connectivity index (χ4v) is 3.28. The van der Waals surface area contributed by atoms with Crippen molar-refractivity contribution in [3.63, 3.8) is 0 Å². The fourth-order valence-electron chi connectivity index (χ4n) is 3.28. The second kappa shape index (κ2) is 7.66. The van der Waals surface area contributed by atoms with E-state index in [0.29, 0.717) is 18.7 Å². The predicted octanol–water partition coefficient (Wildman–Crippen LogP) is 1.72. The molecule has 0 aromatic heterocycles. The van der Waals surface area contributed by atoms with E-state index in [9.17, 15) is 9.59 Å². The van der Waals surface area contributed by atoms with Crippen LogP contribution in [-0.4, -0.2) is 44.3 Å². The first kappa shape index (κ1) is 16.8. The Balaban J connectivity index is 1.56. The Morgan fingerprint density at radius 2 is 2.00 bits per heavy atom. The van der Waals surface area contributed by atoms with Crippen molar-refractivity contribution in [2.75, 3.05) is 31.2 Å². The van der Waals surface area contributed by atoms with E-state index in [0.717, 1.165) is 44.5 Å². The average molecular weight is 332 g/mol. The summed E-state index contributed by atoms with van der Waals surface area (Å²) in [5, 5.41) is 0. The number of anilines is 1. The summed E-state index contributed by atoms with van der Waals surface area (Å²) in [6, 6.07) is 7.32. The predicted molar refractivity (Wildman–Crippen MR) is 89.8 cm³/mol. The van der Waals surface area contributed by atoms with Crippen LogP contribution in [0.4, 0.5) is 5.69 Å². The highest BCUT2D eigenvalue weighted by atomic mass is 16.6. The zero-order chi connectivity index (χ0) is 16.9. The number of hydrogen-bond acceptors (Lipinski definition) is 5. The molecular formula is C18H24N2O4. The average Bonchev–Trinajstić information content (AvgIpc) is 3.13. The lowest BCUT2D eigenvalue weighted by Crippen LogP contribution is -2.41. The molecule has 2 aliphatic rings. The van der Waals surface area contributed by atoms with Gasteiger partial charge >= 0.3 is 5.97 Å². The van der Waals surface area contributed by atoms with Crippen LogP contribution in [0.5, 0.6) is 0 Å². The molecule has 0 aliphatic carbocycles. The van der Waals surface area contributed by atoms with Crippen LogP contribution in [0.2, 0.25) is 0 Å². The molecule has 1 aromatic rings. The van der Waals surface area contributed by atoms with Crippen LogP contribution < -0.4 is 10.6 Å². The Morgan fingerprint density at radius 3 is 2.67 bits per heavy atom. The first-order valence-electron chi connectivity index (χ1n) is 8.56. The van der Waals surface area contributed by atoms with E-state index < -0.39 is 0 Å². The van der Waals surface area contributed by atoms with Crippen molar-refractivity contribution in [3.8, 4) is 0 Å². The molecule has 2 unspecified atom stereocenters. The summed E-state index contributed by atoms with van der Waals surface area (Å²) in [7, 11) is 0. The Morgan fingerprint density at radius 1 is 1.21 bits per heavy atom. The van der Waals surface area contributed by atoms with Crippen molar-refractivity contribution in [2.24, 2.45) is 11.7 Å². The molecule has 0 spiro atoms. The number of primary amides is 1. The summed E-state index contributed by atoms with van der Waals surface area (Å²) in [6.45, 7) is 2.59. The standard InChI is InChI=1S/C18H24N2O4/c19-17(21)14-3-1-9-20(11-14)15-7-5-13(6-8-15)18(22)24-12-16-4-2-10-23-16/h5-8,14,16H,1-4,9-12H2,(H2,19,21). The molecule has 6 nitrogen and oxygen atoms in total.